The zero-order valence-corrected chi connectivity index (χ0v) is 13.4. The van der Waals surface area contributed by atoms with Crippen LogP contribution < -0.4 is 4.74 Å². The SMILES string of the molecule is COC(=O)COc1ccc(C=CC2(O)CN3CCC2CC3)cc1. The number of piperidine rings is 3. The summed E-state index contributed by atoms with van der Waals surface area (Å²) in [5.74, 6) is 0.582. The Hall–Kier alpha value is -1.85. The predicted molar refractivity (Wildman–Crippen MR) is 87.1 cm³/mol. The minimum atomic E-state index is -0.712. The number of ether oxygens (including phenoxy) is 2. The molecular formula is C18H23NO4. The fourth-order valence-corrected chi connectivity index (χ4v) is 3.38. The molecule has 3 aliphatic heterocycles. The van der Waals surface area contributed by atoms with Crippen molar-refractivity contribution in [3.8, 4) is 5.75 Å². The summed E-state index contributed by atoms with van der Waals surface area (Å²) in [6.45, 7) is 2.84. The van der Waals surface area contributed by atoms with Crippen LogP contribution in [-0.4, -0.2) is 54.9 Å². The number of nitrogens with zero attached hydrogens (tertiary/aromatic N) is 1. The van der Waals surface area contributed by atoms with Gasteiger partial charge in [-0.1, -0.05) is 24.3 Å². The van der Waals surface area contributed by atoms with Gasteiger partial charge in [0.05, 0.1) is 12.7 Å². The lowest BCUT2D eigenvalue weighted by Gasteiger charge is -2.49. The fraction of sp³-hybridized carbons (Fsp3) is 0.500. The maximum absolute atomic E-state index is 11.0. The van der Waals surface area contributed by atoms with E-state index in [1.54, 1.807) is 0 Å². The first-order chi connectivity index (χ1) is 11.1. The molecule has 4 rings (SSSR count). The number of rotatable bonds is 5. The van der Waals surface area contributed by atoms with Gasteiger partial charge < -0.3 is 19.5 Å². The number of carbonyl (C=O) groups excluding carboxylic acids is 1. The third-order valence-electron chi connectivity index (χ3n) is 4.80. The molecule has 3 heterocycles. The van der Waals surface area contributed by atoms with E-state index in [-0.39, 0.29) is 6.61 Å². The molecular weight excluding hydrogens is 294 g/mol. The molecule has 5 heteroatoms. The minimum absolute atomic E-state index is 0.0943. The third-order valence-corrected chi connectivity index (χ3v) is 4.80. The molecule has 0 aromatic heterocycles. The summed E-state index contributed by atoms with van der Waals surface area (Å²) < 4.78 is 9.84. The van der Waals surface area contributed by atoms with Gasteiger partial charge >= 0.3 is 5.97 Å². The Morgan fingerprint density at radius 3 is 2.61 bits per heavy atom. The van der Waals surface area contributed by atoms with Gasteiger partial charge in [-0.25, -0.2) is 4.79 Å². The van der Waals surface area contributed by atoms with Crippen molar-refractivity contribution in [1.29, 1.82) is 0 Å². The van der Waals surface area contributed by atoms with Gasteiger partial charge in [0.15, 0.2) is 6.61 Å². The number of aliphatic hydroxyl groups is 1. The number of carbonyl (C=O) groups is 1. The molecule has 3 fully saturated rings. The average molecular weight is 317 g/mol. The summed E-state index contributed by atoms with van der Waals surface area (Å²) in [7, 11) is 1.33. The van der Waals surface area contributed by atoms with Crippen molar-refractivity contribution in [2.75, 3.05) is 33.4 Å². The van der Waals surface area contributed by atoms with Gasteiger partial charge in [-0.15, -0.1) is 0 Å². The molecule has 124 valence electrons. The molecule has 1 unspecified atom stereocenters. The van der Waals surface area contributed by atoms with Crippen LogP contribution in [-0.2, 0) is 9.53 Å². The Labute approximate surface area is 136 Å². The highest BCUT2D eigenvalue weighted by molar-refractivity contribution is 5.70. The van der Waals surface area contributed by atoms with Gasteiger partial charge in [0.2, 0.25) is 0 Å². The minimum Gasteiger partial charge on any atom is -0.482 e. The highest BCUT2D eigenvalue weighted by Crippen LogP contribution is 2.36. The summed E-state index contributed by atoms with van der Waals surface area (Å²) in [5, 5.41) is 10.8. The van der Waals surface area contributed by atoms with E-state index in [0.29, 0.717) is 11.7 Å². The molecule has 1 atom stereocenters. The van der Waals surface area contributed by atoms with Crippen molar-refractivity contribution < 1.29 is 19.4 Å². The lowest BCUT2D eigenvalue weighted by Crippen LogP contribution is -2.58. The van der Waals surface area contributed by atoms with Gasteiger partial charge in [0.1, 0.15) is 5.75 Å². The first-order valence-corrected chi connectivity index (χ1v) is 8.03. The first-order valence-electron chi connectivity index (χ1n) is 8.03. The van der Waals surface area contributed by atoms with Gasteiger partial charge in [-0.05, 0) is 49.5 Å². The van der Waals surface area contributed by atoms with Crippen LogP contribution in [0.2, 0.25) is 0 Å². The lowest BCUT2D eigenvalue weighted by atomic mass is 9.75. The Morgan fingerprint density at radius 2 is 2.04 bits per heavy atom. The molecule has 2 bridgehead atoms. The molecule has 3 aliphatic rings. The standard InChI is InChI=1S/C18H23NO4/c1-22-17(20)12-23-16-4-2-14(3-5-16)6-9-18(21)13-19-10-7-15(18)8-11-19/h2-6,9,15,21H,7-8,10-13H2,1H3. The summed E-state index contributed by atoms with van der Waals surface area (Å²) in [5.41, 5.74) is 0.289. The fourth-order valence-electron chi connectivity index (χ4n) is 3.38. The summed E-state index contributed by atoms with van der Waals surface area (Å²) in [4.78, 5) is 13.4. The topological polar surface area (TPSA) is 59.0 Å². The van der Waals surface area contributed by atoms with Crippen LogP contribution in [0.5, 0.6) is 5.75 Å². The van der Waals surface area contributed by atoms with Crippen LogP contribution >= 0.6 is 0 Å². The molecule has 0 aliphatic carbocycles. The zero-order chi connectivity index (χ0) is 16.3. The van der Waals surface area contributed by atoms with E-state index in [2.05, 4.69) is 9.64 Å². The molecule has 0 amide bonds. The molecule has 0 saturated carbocycles. The van der Waals surface area contributed by atoms with E-state index in [9.17, 15) is 9.90 Å². The second kappa shape index (κ2) is 6.72. The van der Waals surface area contributed by atoms with E-state index < -0.39 is 11.6 Å². The van der Waals surface area contributed by atoms with Gasteiger partial charge in [0.25, 0.3) is 0 Å². The van der Waals surface area contributed by atoms with Crippen LogP contribution in [0.3, 0.4) is 0 Å². The van der Waals surface area contributed by atoms with Crippen molar-refractivity contribution in [3.63, 3.8) is 0 Å². The molecule has 0 spiro atoms. The first kappa shape index (κ1) is 16.0. The Bertz CT molecular complexity index is 575. The van der Waals surface area contributed by atoms with Crippen LogP contribution in [0, 0.1) is 5.92 Å². The highest BCUT2D eigenvalue weighted by Gasteiger charge is 2.43. The Morgan fingerprint density at radius 1 is 1.35 bits per heavy atom. The van der Waals surface area contributed by atoms with Gasteiger partial charge in [-0.2, -0.15) is 0 Å². The summed E-state index contributed by atoms with van der Waals surface area (Å²) in [6.07, 6.45) is 6.04. The summed E-state index contributed by atoms with van der Waals surface area (Å²) in [6, 6.07) is 7.44. The second-order valence-electron chi connectivity index (χ2n) is 6.31. The molecule has 3 saturated heterocycles. The van der Waals surface area contributed by atoms with E-state index in [1.807, 2.05) is 36.4 Å². The quantitative estimate of drug-likeness (QED) is 0.838. The van der Waals surface area contributed by atoms with Crippen molar-refractivity contribution in [3.05, 3.63) is 35.9 Å². The van der Waals surface area contributed by atoms with Gasteiger partial charge in [-0.3, -0.25) is 0 Å². The lowest BCUT2D eigenvalue weighted by molar-refractivity contribution is -0.142. The number of esters is 1. The van der Waals surface area contributed by atoms with Crippen LogP contribution in [0.25, 0.3) is 6.08 Å². The third kappa shape index (κ3) is 3.74. The predicted octanol–water partition coefficient (Wildman–Crippen LogP) is 1.71. The van der Waals surface area contributed by atoms with Crippen molar-refractivity contribution in [1.82, 2.24) is 4.90 Å². The van der Waals surface area contributed by atoms with Crippen molar-refractivity contribution in [2.45, 2.75) is 18.4 Å². The maximum Gasteiger partial charge on any atom is 0.343 e. The molecule has 1 N–H and O–H groups in total. The number of fused-ring (bicyclic) bond motifs is 3. The van der Waals surface area contributed by atoms with Crippen LogP contribution in [0.1, 0.15) is 18.4 Å². The largest absolute Gasteiger partial charge is 0.482 e. The van der Waals surface area contributed by atoms with E-state index in [0.717, 1.165) is 38.0 Å². The Balaban J connectivity index is 1.60. The van der Waals surface area contributed by atoms with E-state index >= 15 is 0 Å². The normalized spacial score (nSPS) is 29.7. The second-order valence-corrected chi connectivity index (χ2v) is 6.31. The van der Waals surface area contributed by atoms with Crippen molar-refractivity contribution >= 4 is 12.0 Å². The molecule has 0 radical (unpaired) electrons. The highest BCUT2D eigenvalue weighted by atomic mass is 16.6. The number of hydrogen-bond donors (Lipinski definition) is 1. The zero-order valence-electron chi connectivity index (χ0n) is 13.4. The van der Waals surface area contributed by atoms with Crippen LogP contribution in [0.15, 0.2) is 30.3 Å². The monoisotopic (exact) mass is 317 g/mol. The summed E-state index contributed by atoms with van der Waals surface area (Å²) >= 11 is 0. The Kier molecular flexibility index (Phi) is 4.68. The molecule has 23 heavy (non-hydrogen) atoms. The smallest absolute Gasteiger partial charge is 0.343 e. The van der Waals surface area contributed by atoms with Crippen molar-refractivity contribution in [2.24, 2.45) is 5.92 Å². The van der Waals surface area contributed by atoms with Crippen LogP contribution in [0.4, 0.5) is 0 Å². The number of benzene rings is 1. The number of methoxy groups -OCH3 is 1. The number of hydrogen-bond acceptors (Lipinski definition) is 5. The average Bonchev–Trinajstić information content (AvgIpc) is 2.59. The molecule has 1 aromatic carbocycles. The maximum atomic E-state index is 11.0. The van der Waals surface area contributed by atoms with E-state index in [4.69, 9.17) is 4.74 Å². The molecule has 1 aromatic rings. The molecule has 5 nitrogen and oxygen atoms in total. The van der Waals surface area contributed by atoms with E-state index in [1.165, 1.54) is 7.11 Å². The van der Waals surface area contributed by atoms with Gasteiger partial charge in [0, 0.05) is 6.54 Å².